The molecule has 1 aromatic carbocycles. The molecule has 3 rings (SSSR count). The fourth-order valence-corrected chi connectivity index (χ4v) is 4.37. The van der Waals surface area contributed by atoms with Crippen LogP contribution in [0.5, 0.6) is 0 Å². The van der Waals surface area contributed by atoms with Gasteiger partial charge in [-0.1, -0.05) is 6.07 Å². The minimum Gasteiger partial charge on any atom is -0.381 e. The Kier molecular flexibility index (Phi) is 8.41. The number of nitrogens with two attached hydrogens (primary N) is 1. The van der Waals surface area contributed by atoms with E-state index >= 15 is 0 Å². The molecule has 1 fully saturated rings. The minimum absolute atomic E-state index is 0.0788. The van der Waals surface area contributed by atoms with Crippen molar-refractivity contribution in [2.45, 2.75) is 37.4 Å². The van der Waals surface area contributed by atoms with E-state index in [1.807, 2.05) is 18.1 Å². The summed E-state index contributed by atoms with van der Waals surface area (Å²) >= 11 is 1.43. The number of benzene rings is 1. The summed E-state index contributed by atoms with van der Waals surface area (Å²) in [6, 6.07) is 4.58. The summed E-state index contributed by atoms with van der Waals surface area (Å²) in [5.41, 5.74) is 5.98. The van der Waals surface area contributed by atoms with E-state index in [4.69, 9.17) is 10.5 Å². The van der Waals surface area contributed by atoms with E-state index in [0.717, 1.165) is 50.2 Å². The Morgan fingerprint density at radius 3 is 2.70 bits per heavy atom. The van der Waals surface area contributed by atoms with Gasteiger partial charge in [0, 0.05) is 31.0 Å². The van der Waals surface area contributed by atoms with Crippen LogP contribution in [0.2, 0.25) is 0 Å². The molecule has 1 aliphatic heterocycles. The first-order valence-corrected chi connectivity index (χ1v) is 11.9. The molecule has 0 bridgehead atoms. The zero-order valence-corrected chi connectivity index (χ0v) is 19.4. The first-order valence-electron chi connectivity index (χ1n) is 10.6. The number of ether oxygens (including phenoxy) is 1. The van der Waals surface area contributed by atoms with Gasteiger partial charge in [0.1, 0.15) is 10.8 Å². The van der Waals surface area contributed by atoms with Gasteiger partial charge in [-0.2, -0.15) is 18.2 Å². The molecule has 0 aliphatic carbocycles. The largest absolute Gasteiger partial charge is 0.416 e. The molecule has 1 aromatic heterocycles. The van der Waals surface area contributed by atoms with Crippen molar-refractivity contribution in [3.8, 4) is 0 Å². The molecule has 7 nitrogen and oxygen atoms in total. The lowest BCUT2D eigenvalue weighted by Crippen LogP contribution is -2.36. The number of nitrogens with one attached hydrogen (secondary N) is 1. The molecule has 1 saturated heterocycles. The maximum absolute atomic E-state index is 13.0. The van der Waals surface area contributed by atoms with Gasteiger partial charge in [-0.15, -0.1) is 11.8 Å². The summed E-state index contributed by atoms with van der Waals surface area (Å²) in [5, 5.41) is 3.29. The van der Waals surface area contributed by atoms with Gasteiger partial charge in [-0.3, -0.25) is 4.79 Å². The normalized spacial score (nSPS) is 14.8. The zero-order valence-electron chi connectivity index (χ0n) is 18.6. The number of rotatable bonds is 8. The van der Waals surface area contributed by atoms with Crippen LogP contribution in [0.15, 0.2) is 29.3 Å². The van der Waals surface area contributed by atoms with Crippen molar-refractivity contribution in [3.63, 3.8) is 0 Å². The van der Waals surface area contributed by atoms with Crippen molar-refractivity contribution in [1.82, 2.24) is 9.97 Å². The number of aromatic nitrogens is 2. The lowest BCUT2D eigenvalue weighted by molar-refractivity contribution is -0.137. The van der Waals surface area contributed by atoms with E-state index in [0.29, 0.717) is 23.3 Å². The number of amides is 1. The number of halogens is 3. The van der Waals surface area contributed by atoms with Crippen LogP contribution in [0.25, 0.3) is 0 Å². The number of nitrogens with zero attached hydrogens (tertiary/aromatic N) is 3. The number of nitrogen functional groups attached to an aromatic ring is 1. The van der Waals surface area contributed by atoms with E-state index in [2.05, 4.69) is 15.3 Å². The molecule has 0 saturated carbocycles. The highest BCUT2D eigenvalue weighted by Crippen LogP contribution is 2.31. The maximum Gasteiger partial charge on any atom is 0.416 e. The molecule has 1 aliphatic rings. The third-order valence-electron chi connectivity index (χ3n) is 5.54. The average molecular weight is 484 g/mol. The predicted octanol–water partition coefficient (Wildman–Crippen LogP) is 4.37. The summed E-state index contributed by atoms with van der Waals surface area (Å²) in [7, 11) is 0. The first-order chi connectivity index (χ1) is 15.7. The zero-order chi connectivity index (χ0) is 24.0. The number of thioether (sulfide) groups is 1. The second-order valence-electron chi connectivity index (χ2n) is 7.93. The van der Waals surface area contributed by atoms with Gasteiger partial charge in [-0.25, -0.2) is 4.98 Å². The highest BCUT2D eigenvalue weighted by Gasteiger charge is 2.30. The molecule has 33 heavy (non-hydrogen) atoms. The van der Waals surface area contributed by atoms with Crippen molar-refractivity contribution in [2.75, 3.05) is 48.5 Å². The molecule has 2 aromatic rings. The highest BCUT2D eigenvalue weighted by atomic mass is 32.2. The van der Waals surface area contributed by atoms with Crippen molar-refractivity contribution in [3.05, 3.63) is 35.4 Å². The van der Waals surface area contributed by atoms with Crippen LogP contribution in [0, 0.1) is 12.8 Å². The summed E-state index contributed by atoms with van der Waals surface area (Å²) < 4.78 is 44.5. The van der Waals surface area contributed by atoms with Gasteiger partial charge in [0.2, 0.25) is 11.9 Å². The summed E-state index contributed by atoms with van der Waals surface area (Å²) in [4.78, 5) is 23.3. The third kappa shape index (κ3) is 6.97. The molecule has 0 atom stereocenters. The van der Waals surface area contributed by atoms with Crippen LogP contribution in [-0.4, -0.2) is 48.4 Å². The molecular weight excluding hydrogens is 455 g/mol. The maximum atomic E-state index is 13.0. The summed E-state index contributed by atoms with van der Waals surface area (Å²) in [6.07, 6.45) is 0.125. The van der Waals surface area contributed by atoms with Crippen molar-refractivity contribution >= 4 is 35.1 Å². The number of carbonyl (C=O) groups excluding carboxylic acids is 1. The Bertz CT molecular complexity index is 968. The lowest BCUT2D eigenvalue weighted by Gasteiger charge is -2.29. The molecule has 0 unspecified atom stereocenters. The Morgan fingerprint density at radius 2 is 2.03 bits per heavy atom. The number of hydrogen-bond acceptors (Lipinski definition) is 7. The molecule has 0 spiro atoms. The van der Waals surface area contributed by atoms with Crippen molar-refractivity contribution in [1.29, 1.82) is 0 Å². The number of alkyl halides is 3. The van der Waals surface area contributed by atoms with Crippen LogP contribution >= 0.6 is 11.8 Å². The van der Waals surface area contributed by atoms with Crippen molar-refractivity contribution in [2.24, 2.45) is 5.92 Å². The van der Waals surface area contributed by atoms with Crippen molar-refractivity contribution < 1.29 is 22.7 Å². The van der Waals surface area contributed by atoms with Gasteiger partial charge >= 0.3 is 6.18 Å². The van der Waals surface area contributed by atoms with E-state index in [-0.39, 0.29) is 18.2 Å². The quantitative estimate of drug-likeness (QED) is 0.425. The lowest BCUT2D eigenvalue weighted by atomic mass is 9.96. The van der Waals surface area contributed by atoms with E-state index in [9.17, 15) is 18.0 Å². The molecule has 11 heteroatoms. The molecule has 3 N–H and O–H groups in total. The average Bonchev–Trinajstić information content (AvgIpc) is 2.78. The molecular formula is C22H28F3N5O2S. The smallest absolute Gasteiger partial charge is 0.381 e. The van der Waals surface area contributed by atoms with E-state index in [1.165, 1.54) is 23.9 Å². The Labute approximate surface area is 195 Å². The minimum atomic E-state index is -4.49. The van der Waals surface area contributed by atoms with E-state index < -0.39 is 17.6 Å². The molecule has 0 radical (unpaired) electrons. The number of carbonyl (C=O) groups is 1. The summed E-state index contributed by atoms with van der Waals surface area (Å²) in [6.45, 7) is 3.77. The second kappa shape index (κ2) is 11.1. The number of hydrogen-bond donors (Lipinski definition) is 2. The highest BCUT2D eigenvalue weighted by molar-refractivity contribution is 7.98. The predicted molar refractivity (Wildman–Crippen MR) is 123 cm³/mol. The van der Waals surface area contributed by atoms with Crippen LogP contribution in [0.1, 0.15) is 30.4 Å². The van der Waals surface area contributed by atoms with Gasteiger partial charge < -0.3 is 20.7 Å². The third-order valence-corrected chi connectivity index (χ3v) is 6.33. The molecule has 1 amide bonds. The fourth-order valence-electron chi connectivity index (χ4n) is 3.79. The number of anilines is 3. The second-order valence-corrected chi connectivity index (χ2v) is 8.73. The Balaban J connectivity index is 1.79. The standard InChI is InChI=1S/C22H28F3N5O2S/c1-14-19(28-21(26)29-20(14)33-2)30(9-6-15-7-10-32-11-8-15)13-18(31)27-17-5-3-4-16(12-17)22(23,24)25/h3-5,12,15H,6-11,13H2,1-2H3,(H,27,31)(H2,26,28,29). The van der Waals surface area contributed by atoms with Crippen LogP contribution in [-0.2, 0) is 15.7 Å². The topological polar surface area (TPSA) is 93.4 Å². The molecule has 180 valence electrons. The van der Waals surface area contributed by atoms with Gasteiger partial charge in [0.25, 0.3) is 0 Å². The van der Waals surface area contributed by atoms with Gasteiger partial charge in [0.15, 0.2) is 0 Å². The summed E-state index contributed by atoms with van der Waals surface area (Å²) in [5.74, 6) is 0.684. The Morgan fingerprint density at radius 1 is 1.30 bits per heavy atom. The van der Waals surface area contributed by atoms with E-state index in [1.54, 1.807) is 0 Å². The molecule has 2 heterocycles. The van der Waals surface area contributed by atoms with Crippen LogP contribution < -0.4 is 16.0 Å². The van der Waals surface area contributed by atoms with Gasteiger partial charge in [-0.05, 0) is 56.6 Å². The first kappa shape index (κ1) is 25.1. The van der Waals surface area contributed by atoms with Crippen LogP contribution in [0.3, 0.4) is 0 Å². The Hall–Kier alpha value is -2.53. The van der Waals surface area contributed by atoms with Crippen LogP contribution in [0.4, 0.5) is 30.6 Å². The SMILES string of the molecule is CSc1nc(N)nc(N(CCC2CCOCC2)CC(=O)Nc2cccc(C(F)(F)F)c2)c1C. The monoisotopic (exact) mass is 483 g/mol. The van der Waals surface area contributed by atoms with Gasteiger partial charge in [0.05, 0.1) is 12.1 Å². The fraction of sp³-hybridized carbons (Fsp3) is 0.500.